The van der Waals surface area contributed by atoms with Crippen molar-refractivity contribution in [3.63, 3.8) is 0 Å². The van der Waals surface area contributed by atoms with Crippen LogP contribution in [0.4, 0.5) is 0 Å². The minimum Gasteiger partial charge on any atom is -0.394 e. The maximum atomic E-state index is 12.6. The molecule has 5 nitrogen and oxygen atoms in total. The number of carbonyl (C=O) groups excluding carboxylic acids is 1. The number of aliphatic hydroxyl groups is 3. The summed E-state index contributed by atoms with van der Waals surface area (Å²) >= 11 is 0. The van der Waals surface area contributed by atoms with E-state index < -0.39 is 18.2 Å². The molecule has 1 amide bonds. The first-order valence-corrected chi connectivity index (χ1v) is 32.5. The highest BCUT2D eigenvalue weighted by Gasteiger charge is 2.20. The van der Waals surface area contributed by atoms with E-state index in [1.807, 2.05) is 6.08 Å². The monoisotopic (exact) mass is 988 g/mol. The number of nitrogens with one attached hydrogen (secondary N) is 1. The predicted octanol–water partition coefficient (Wildman–Crippen LogP) is 20.6. The summed E-state index contributed by atoms with van der Waals surface area (Å²) in [5.74, 6) is -0.306. The molecule has 0 bridgehead atoms. The number of hydrogen-bond acceptors (Lipinski definition) is 4. The van der Waals surface area contributed by atoms with Crippen LogP contribution in [-0.2, 0) is 4.79 Å². The van der Waals surface area contributed by atoms with Crippen molar-refractivity contribution in [1.82, 2.24) is 5.32 Å². The molecule has 0 aliphatic heterocycles. The second kappa shape index (κ2) is 60.6. The fraction of sp³-hybridized carbons (Fsp3) is 0.954. The Morgan fingerprint density at radius 1 is 0.357 bits per heavy atom. The molecule has 418 valence electrons. The van der Waals surface area contributed by atoms with E-state index in [0.29, 0.717) is 6.42 Å². The van der Waals surface area contributed by atoms with Gasteiger partial charge in [0, 0.05) is 0 Å². The number of allylic oxidation sites excluding steroid dienone is 1. The third-order valence-electron chi connectivity index (χ3n) is 15.6. The zero-order valence-electron chi connectivity index (χ0n) is 47.9. The Balaban J connectivity index is 3.48. The lowest BCUT2D eigenvalue weighted by molar-refractivity contribution is -0.124. The van der Waals surface area contributed by atoms with E-state index in [1.54, 1.807) is 6.08 Å². The second-order valence-corrected chi connectivity index (χ2v) is 22.7. The summed E-state index contributed by atoms with van der Waals surface area (Å²) in [6.07, 6.45) is 77.3. The van der Waals surface area contributed by atoms with Crippen molar-refractivity contribution in [3.05, 3.63) is 12.2 Å². The van der Waals surface area contributed by atoms with Crippen LogP contribution in [0.15, 0.2) is 12.2 Å². The first kappa shape index (κ1) is 69.1. The highest BCUT2D eigenvalue weighted by Crippen LogP contribution is 2.19. The van der Waals surface area contributed by atoms with Crippen LogP contribution in [0.1, 0.15) is 373 Å². The number of hydrogen-bond donors (Lipinski definition) is 4. The third kappa shape index (κ3) is 56.4. The lowest BCUT2D eigenvalue weighted by atomic mass is 10.0. The average Bonchev–Trinajstić information content (AvgIpc) is 3.36. The van der Waals surface area contributed by atoms with Crippen LogP contribution >= 0.6 is 0 Å². The number of unbranched alkanes of at least 4 members (excludes halogenated alkanes) is 52. The van der Waals surface area contributed by atoms with E-state index in [0.717, 1.165) is 25.7 Å². The van der Waals surface area contributed by atoms with Gasteiger partial charge in [0.25, 0.3) is 0 Å². The summed E-state index contributed by atoms with van der Waals surface area (Å²) in [7, 11) is 0. The van der Waals surface area contributed by atoms with Crippen LogP contribution in [0.25, 0.3) is 0 Å². The number of rotatable bonds is 61. The van der Waals surface area contributed by atoms with E-state index in [1.165, 1.54) is 321 Å². The van der Waals surface area contributed by atoms with Crippen LogP contribution in [-0.4, -0.2) is 46.1 Å². The number of amides is 1. The Morgan fingerprint density at radius 3 is 0.829 bits per heavy atom. The molecule has 0 aromatic rings. The van der Waals surface area contributed by atoms with Gasteiger partial charge in [0.1, 0.15) is 0 Å². The molecule has 70 heavy (non-hydrogen) atoms. The second-order valence-electron chi connectivity index (χ2n) is 22.7. The standard InChI is InChI=1S/C65H129NO4/c1-3-5-7-9-11-13-15-17-19-21-23-25-27-29-30-31-32-33-34-35-36-38-40-42-44-46-48-50-52-54-56-58-62(68)60-65(70)66-63(61-67)64(69)59-57-55-53-51-49-47-45-43-41-39-37-28-26-24-22-20-18-16-14-12-10-8-6-4-2/h57,59,62-64,67-69H,3-56,58,60-61H2,1-2H3,(H,66,70)/b59-57+. The predicted molar refractivity (Wildman–Crippen MR) is 310 cm³/mol. The summed E-state index contributed by atoms with van der Waals surface area (Å²) in [4.78, 5) is 12.6. The van der Waals surface area contributed by atoms with Crippen molar-refractivity contribution in [2.75, 3.05) is 6.61 Å². The van der Waals surface area contributed by atoms with Gasteiger partial charge in [0.2, 0.25) is 5.91 Å². The van der Waals surface area contributed by atoms with Crippen LogP contribution in [0, 0.1) is 0 Å². The van der Waals surface area contributed by atoms with Gasteiger partial charge in [-0.25, -0.2) is 0 Å². The fourth-order valence-corrected chi connectivity index (χ4v) is 10.6. The molecule has 0 saturated carbocycles. The molecule has 3 atom stereocenters. The van der Waals surface area contributed by atoms with Gasteiger partial charge in [-0.3, -0.25) is 4.79 Å². The highest BCUT2D eigenvalue weighted by molar-refractivity contribution is 5.76. The maximum absolute atomic E-state index is 12.6. The normalized spacial score (nSPS) is 13.2. The Labute approximate surface area is 440 Å². The van der Waals surface area contributed by atoms with Gasteiger partial charge >= 0.3 is 0 Å². The Morgan fingerprint density at radius 2 is 0.586 bits per heavy atom. The van der Waals surface area contributed by atoms with Crippen LogP contribution < -0.4 is 5.32 Å². The minimum absolute atomic E-state index is 0.0198. The fourth-order valence-electron chi connectivity index (χ4n) is 10.6. The zero-order chi connectivity index (χ0) is 50.7. The molecule has 0 saturated heterocycles. The van der Waals surface area contributed by atoms with E-state index in [-0.39, 0.29) is 18.9 Å². The van der Waals surface area contributed by atoms with Crippen molar-refractivity contribution >= 4 is 5.91 Å². The minimum atomic E-state index is -0.927. The largest absolute Gasteiger partial charge is 0.394 e. The van der Waals surface area contributed by atoms with Crippen molar-refractivity contribution < 1.29 is 20.1 Å². The van der Waals surface area contributed by atoms with Gasteiger partial charge in [-0.05, 0) is 19.3 Å². The molecule has 0 aromatic carbocycles. The van der Waals surface area contributed by atoms with Gasteiger partial charge in [-0.15, -0.1) is 0 Å². The van der Waals surface area contributed by atoms with Crippen LogP contribution in [0.5, 0.6) is 0 Å². The summed E-state index contributed by atoms with van der Waals surface area (Å²) in [6.45, 7) is 4.27. The number of carbonyl (C=O) groups is 1. The lowest BCUT2D eigenvalue weighted by Gasteiger charge is -2.21. The Bertz CT molecular complexity index is 1000. The van der Waals surface area contributed by atoms with Gasteiger partial charge in [-0.1, -0.05) is 360 Å². The quantitative estimate of drug-likeness (QED) is 0.0361. The molecular formula is C65H129NO4. The Kier molecular flexibility index (Phi) is 59.9. The molecule has 3 unspecified atom stereocenters. The van der Waals surface area contributed by atoms with E-state index in [2.05, 4.69) is 19.2 Å². The zero-order valence-corrected chi connectivity index (χ0v) is 47.9. The third-order valence-corrected chi connectivity index (χ3v) is 15.6. The van der Waals surface area contributed by atoms with Crippen molar-refractivity contribution in [2.45, 2.75) is 392 Å². The van der Waals surface area contributed by atoms with Crippen molar-refractivity contribution in [2.24, 2.45) is 0 Å². The highest BCUT2D eigenvalue weighted by atomic mass is 16.3. The molecule has 0 fully saturated rings. The summed E-state index contributed by atoms with van der Waals surface area (Å²) in [6, 6.07) is -0.742. The number of aliphatic hydroxyl groups excluding tert-OH is 3. The molecular weight excluding hydrogens is 859 g/mol. The van der Waals surface area contributed by atoms with Crippen molar-refractivity contribution in [1.29, 1.82) is 0 Å². The molecule has 5 heteroatoms. The molecule has 0 spiro atoms. The van der Waals surface area contributed by atoms with E-state index in [9.17, 15) is 20.1 Å². The topological polar surface area (TPSA) is 89.8 Å². The molecule has 0 aliphatic rings. The Hall–Kier alpha value is -0.910. The SMILES string of the molecule is CCCCCCCCCCCCCCCCCCCCCCCC/C=C/C(O)C(CO)NC(=O)CC(O)CCCCCCCCCCCCCCCCCCCCCCCCCCCCCCCCC. The molecule has 0 aliphatic carbocycles. The molecule has 4 N–H and O–H groups in total. The van der Waals surface area contributed by atoms with E-state index in [4.69, 9.17) is 0 Å². The summed E-state index contributed by atoms with van der Waals surface area (Å²) < 4.78 is 0. The van der Waals surface area contributed by atoms with Gasteiger partial charge in [-0.2, -0.15) is 0 Å². The first-order valence-electron chi connectivity index (χ1n) is 32.5. The van der Waals surface area contributed by atoms with Gasteiger partial charge < -0.3 is 20.6 Å². The first-order chi connectivity index (χ1) is 34.5. The molecule has 0 rings (SSSR count). The van der Waals surface area contributed by atoms with Crippen LogP contribution in [0.3, 0.4) is 0 Å². The van der Waals surface area contributed by atoms with Crippen molar-refractivity contribution in [3.8, 4) is 0 Å². The van der Waals surface area contributed by atoms with Gasteiger partial charge in [0.15, 0.2) is 0 Å². The smallest absolute Gasteiger partial charge is 0.222 e. The van der Waals surface area contributed by atoms with Crippen LogP contribution in [0.2, 0.25) is 0 Å². The molecule has 0 radical (unpaired) electrons. The lowest BCUT2D eigenvalue weighted by Crippen LogP contribution is -2.45. The summed E-state index contributed by atoms with van der Waals surface area (Å²) in [5.41, 5.74) is 0. The molecule has 0 heterocycles. The van der Waals surface area contributed by atoms with Gasteiger partial charge in [0.05, 0.1) is 31.3 Å². The molecule has 0 aromatic heterocycles. The maximum Gasteiger partial charge on any atom is 0.222 e. The summed E-state index contributed by atoms with van der Waals surface area (Å²) in [5, 5.41) is 33.6. The average molecular weight is 989 g/mol. The van der Waals surface area contributed by atoms with E-state index >= 15 is 0 Å².